The summed E-state index contributed by atoms with van der Waals surface area (Å²) < 4.78 is 0. The van der Waals surface area contributed by atoms with Crippen LogP contribution in [0.3, 0.4) is 0 Å². The first-order chi connectivity index (χ1) is 9.11. The molecule has 3 fully saturated rings. The van der Waals surface area contributed by atoms with Gasteiger partial charge in [-0.15, -0.1) is 0 Å². The molecule has 3 aliphatic carbocycles. The van der Waals surface area contributed by atoms with E-state index in [0.717, 1.165) is 36.0 Å². The van der Waals surface area contributed by atoms with E-state index >= 15 is 0 Å². The summed E-state index contributed by atoms with van der Waals surface area (Å²) in [4.78, 5) is 0. The quantitative estimate of drug-likeness (QED) is 0.770. The molecule has 0 unspecified atom stereocenters. The van der Waals surface area contributed by atoms with Crippen LogP contribution in [0.1, 0.15) is 72.1 Å². The lowest BCUT2D eigenvalue weighted by Crippen LogP contribution is -2.48. The van der Waals surface area contributed by atoms with Crippen LogP contribution in [0.4, 0.5) is 0 Å². The van der Waals surface area contributed by atoms with E-state index in [1.54, 1.807) is 0 Å². The Labute approximate surface area is 119 Å². The minimum Gasteiger partial charge on any atom is -0.393 e. The van der Waals surface area contributed by atoms with E-state index in [0.29, 0.717) is 0 Å². The zero-order valence-electron chi connectivity index (χ0n) is 13.1. The van der Waals surface area contributed by atoms with E-state index < -0.39 is 0 Å². The summed E-state index contributed by atoms with van der Waals surface area (Å²) in [7, 11) is 0. The van der Waals surface area contributed by atoms with Crippen LogP contribution in [0.25, 0.3) is 0 Å². The molecule has 3 saturated carbocycles. The normalized spacial score (nSPS) is 53.7. The summed E-state index contributed by atoms with van der Waals surface area (Å²) in [5, 5.41) is 10.4. The zero-order valence-corrected chi connectivity index (χ0v) is 13.1. The summed E-state index contributed by atoms with van der Waals surface area (Å²) in [5.74, 6) is 4.71. The van der Waals surface area contributed by atoms with Crippen molar-refractivity contribution >= 4 is 0 Å². The average molecular weight is 264 g/mol. The highest BCUT2D eigenvalue weighted by Gasteiger charge is 2.55. The molecule has 1 nitrogen and oxygen atoms in total. The Bertz CT molecular complexity index is 326. The summed E-state index contributed by atoms with van der Waals surface area (Å²) in [6, 6.07) is 0. The molecule has 0 aliphatic heterocycles. The Balaban J connectivity index is 1.83. The highest BCUT2D eigenvalue weighted by Crippen LogP contribution is 2.61. The molecule has 110 valence electrons. The van der Waals surface area contributed by atoms with E-state index in [-0.39, 0.29) is 11.5 Å². The standard InChI is InChI=1S/C18H32O/c1-4-12-6-7-15-14(13(12)5-2)10-11-18(3)16(15)8-9-17(18)19/h12-17,19H,4-11H2,1-3H3/t12-,13+,14-,15-,16+,17+,18+/m1/s1. The van der Waals surface area contributed by atoms with E-state index in [2.05, 4.69) is 20.8 Å². The minimum absolute atomic E-state index is 0.0116. The van der Waals surface area contributed by atoms with Crippen LogP contribution in [0.5, 0.6) is 0 Å². The fraction of sp³-hybridized carbons (Fsp3) is 1.00. The molecular weight excluding hydrogens is 232 g/mol. The SMILES string of the molecule is CC[C@@H]1CC[C@@H]2[C@H](CC[C@]3(C)[C@@H](O)CC[C@@H]23)[C@H]1CC. The van der Waals surface area contributed by atoms with Gasteiger partial charge in [0.1, 0.15) is 0 Å². The molecule has 0 bridgehead atoms. The molecule has 19 heavy (non-hydrogen) atoms. The van der Waals surface area contributed by atoms with Gasteiger partial charge in [0.05, 0.1) is 6.10 Å². The average Bonchev–Trinajstić information content (AvgIpc) is 2.73. The topological polar surface area (TPSA) is 20.2 Å². The van der Waals surface area contributed by atoms with Gasteiger partial charge in [-0.1, -0.05) is 33.6 Å². The number of hydrogen-bond donors (Lipinski definition) is 1. The van der Waals surface area contributed by atoms with E-state index in [1.807, 2.05) is 0 Å². The van der Waals surface area contributed by atoms with Gasteiger partial charge in [0.25, 0.3) is 0 Å². The Hall–Kier alpha value is -0.0400. The van der Waals surface area contributed by atoms with Crippen molar-refractivity contribution in [2.75, 3.05) is 0 Å². The van der Waals surface area contributed by atoms with Gasteiger partial charge < -0.3 is 5.11 Å². The molecule has 1 N–H and O–H groups in total. The van der Waals surface area contributed by atoms with E-state index in [1.165, 1.54) is 44.9 Å². The highest BCUT2D eigenvalue weighted by molar-refractivity contribution is 5.05. The third-order valence-electron chi connectivity index (χ3n) is 7.46. The van der Waals surface area contributed by atoms with Crippen molar-refractivity contribution in [2.45, 2.75) is 78.2 Å². The smallest absolute Gasteiger partial charge is 0.0596 e. The molecular formula is C18H32O. The lowest BCUT2D eigenvalue weighted by atomic mass is 9.51. The van der Waals surface area contributed by atoms with E-state index in [4.69, 9.17) is 0 Å². The molecule has 0 saturated heterocycles. The summed E-state index contributed by atoms with van der Waals surface area (Å²) in [5.41, 5.74) is 0.262. The Morgan fingerprint density at radius 1 is 0.947 bits per heavy atom. The fourth-order valence-electron chi connectivity index (χ4n) is 6.35. The molecule has 3 aliphatic rings. The number of aliphatic hydroxyl groups is 1. The van der Waals surface area contributed by atoms with Crippen molar-refractivity contribution in [2.24, 2.45) is 35.0 Å². The molecule has 0 aromatic rings. The maximum atomic E-state index is 10.4. The molecule has 0 radical (unpaired) electrons. The number of hydrogen-bond acceptors (Lipinski definition) is 1. The molecule has 0 amide bonds. The van der Waals surface area contributed by atoms with Gasteiger partial charge >= 0.3 is 0 Å². The lowest BCUT2D eigenvalue weighted by molar-refractivity contribution is -0.0748. The molecule has 3 rings (SSSR count). The number of aliphatic hydroxyl groups excluding tert-OH is 1. The maximum absolute atomic E-state index is 10.4. The van der Waals surface area contributed by atoms with Gasteiger partial charge in [-0.25, -0.2) is 0 Å². The van der Waals surface area contributed by atoms with Crippen LogP contribution in [0, 0.1) is 35.0 Å². The Morgan fingerprint density at radius 2 is 1.74 bits per heavy atom. The lowest BCUT2D eigenvalue weighted by Gasteiger charge is -2.54. The third-order valence-corrected chi connectivity index (χ3v) is 7.46. The molecule has 0 aromatic carbocycles. The first-order valence-corrected chi connectivity index (χ1v) is 8.79. The van der Waals surface area contributed by atoms with Crippen LogP contribution in [0.2, 0.25) is 0 Å². The predicted octanol–water partition coefficient (Wildman–Crippen LogP) is 4.64. The van der Waals surface area contributed by atoms with Gasteiger partial charge in [-0.05, 0) is 73.5 Å². The van der Waals surface area contributed by atoms with Gasteiger partial charge in [0.15, 0.2) is 0 Å². The van der Waals surface area contributed by atoms with Crippen LogP contribution in [0.15, 0.2) is 0 Å². The second-order valence-electron chi connectivity index (χ2n) is 7.89. The Morgan fingerprint density at radius 3 is 2.42 bits per heavy atom. The number of rotatable bonds is 2. The van der Waals surface area contributed by atoms with Crippen molar-refractivity contribution in [1.29, 1.82) is 0 Å². The van der Waals surface area contributed by atoms with Crippen molar-refractivity contribution < 1.29 is 5.11 Å². The van der Waals surface area contributed by atoms with Gasteiger partial charge in [0.2, 0.25) is 0 Å². The molecule has 1 heteroatoms. The van der Waals surface area contributed by atoms with Crippen LogP contribution < -0.4 is 0 Å². The maximum Gasteiger partial charge on any atom is 0.0596 e. The zero-order chi connectivity index (χ0) is 13.6. The van der Waals surface area contributed by atoms with Crippen LogP contribution in [-0.4, -0.2) is 11.2 Å². The Kier molecular flexibility index (Phi) is 3.71. The fourth-order valence-corrected chi connectivity index (χ4v) is 6.35. The highest BCUT2D eigenvalue weighted by atomic mass is 16.3. The summed E-state index contributed by atoms with van der Waals surface area (Å²) in [6.45, 7) is 7.19. The van der Waals surface area contributed by atoms with Crippen molar-refractivity contribution in [3.8, 4) is 0 Å². The molecule has 0 heterocycles. The van der Waals surface area contributed by atoms with Crippen LogP contribution in [-0.2, 0) is 0 Å². The van der Waals surface area contributed by atoms with Crippen molar-refractivity contribution in [3.63, 3.8) is 0 Å². The van der Waals surface area contributed by atoms with Gasteiger partial charge in [-0.3, -0.25) is 0 Å². The second kappa shape index (κ2) is 5.06. The molecule has 0 spiro atoms. The van der Waals surface area contributed by atoms with Gasteiger partial charge in [0, 0.05) is 0 Å². The number of fused-ring (bicyclic) bond motifs is 3. The summed E-state index contributed by atoms with van der Waals surface area (Å²) in [6.07, 6.45) is 10.7. The van der Waals surface area contributed by atoms with Gasteiger partial charge in [-0.2, -0.15) is 0 Å². The first-order valence-electron chi connectivity index (χ1n) is 8.79. The minimum atomic E-state index is -0.0116. The van der Waals surface area contributed by atoms with E-state index in [9.17, 15) is 5.11 Å². The first kappa shape index (κ1) is 13.9. The second-order valence-corrected chi connectivity index (χ2v) is 7.89. The molecule has 7 atom stereocenters. The largest absolute Gasteiger partial charge is 0.393 e. The van der Waals surface area contributed by atoms with Crippen molar-refractivity contribution in [3.05, 3.63) is 0 Å². The third kappa shape index (κ3) is 1.99. The monoisotopic (exact) mass is 264 g/mol. The van der Waals surface area contributed by atoms with Crippen molar-refractivity contribution in [1.82, 2.24) is 0 Å². The predicted molar refractivity (Wildman–Crippen MR) is 79.8 cm³/mol. The molecule has 0 aromatic heterocycles. The van der Waals surface area contributed by atoms with Crippen LogP contribution >= 0.6 is 0 Å². The summed E-state index contributed by atoms with van der Waals surface area (Å²) >= 11 is 0.